The van der Waals surface area contributed by atoms with Crippen molar-refractivity contribution in [2.75, 3.05) is 23.6 Å². The molecule has 2 aromatic rings. The van der Waals surface area contributed by atoms with Crippen LogP contribution in [0.15, 0.2) is 41.8 Å². The molecule has 0 unspecified atom stereocenters. The first-order valence-corrected chi connectivity index (χ1v) is 15.5. The standard InChI is InChI=1S/C28H38N4O5S2/c1-7-14-32(6)26(35)16(2)21-12-13-28(5)15-22-24(17(3)23(28)25(21)34)30-27(38-22)31-39(36,37)20-10-8-19(9-11-20)29-18(4)33/h7-11,16-17,21,23,25,34H,1,12-15H2,2-6H3,(H,29,33)(H,30,31)/t16-,17-,21+,23+,25-,28-/m0/s1. The topological polar surface area (TPSA) is 129 Å². The maximum Gasteiger partial charge on any atom is 0.263 e. The fraction of sp³-hybridized carbons (Fsp3) is 0.536. The number of nitrogens with zero attached hydrogens (tertiary/aromatic N) is 2. The van der Waals surface area contributed by atoms with Crippen LogP contribution < -0.4 is 10.0 Å². The Balaban J connectivity index is 1.54. The zero-order valence-corrected chi connectivity index (χ0v) is 24.7. The molecule has 3 N–H and O–H groups in total. The molecule has 212 valence electrons. The number of rotatable bonds is 8. The van der Waals surface area contributed by atoms with Gasteiger partial charge in [-0.25, -0.2) is 13.4 Å². The predicted octanol–water partition coefficient (Wildman–Crippen LogP) is 4.24. The third kappa shape index (κ3) is 5.76. The molecule has 39 heavy (non-hydrogen) atoms. The number of hydrogen-bond acceptors (Lipinski definition) is 7. The number of carbonyl (C=O) groups is 2. The van der Waals surface area contributed by atoms with Crippen LogP contribution in [0.1, 0.15) is 57.0 Å². The summed E-state index contributed by atoms with van der Waals surface area (Å²) < 4.78 is 28.7. The lowest BCUT2D eigenvalue weighted by atomic mass is 9.53. The number of sulfonamides is 1. The molecule has 1 heterocycles. The van der Waals surface area contributed by atoms with Gasteiger partial charge in [-0.2, -0.15) is 0 Å². The summed E-state index contributed by atoms with van der Waals surface area (Å²) >= 11 is 1.34. The molecule has 4 rings (SSSR count). The number of thiazole rings is 1. The zero-order valence-electron chi connectivity index (χ0n) is 23.1. The van der Waals surface area contributed by atoms with E-state index in [9.17, 15) is 23.1 Å². The third-order valence-corrected chi connectivity index (χ3v) is 10.9. The molecule has 0 saturated heterocycles. The molecule has 1 aromatic heterocycles. The highest BCUT2D eigenvalue weighted by Crippen LogP contribution is 2.57. The van der Waals surface area contributed by atoms with Crippen molar-refractivity contribution in [3.63, 3.8) is 0 Å². The van der Waals surface area contributed by atoms with Gasteiger partial charge in [0.2, 0.25) is 11.8 Å². The number of carbonyl (C=O) groups excluding carboxylic acids is 2. The summed E-state index contributed by atoms with van der Waals surface area (Å²) in [6.07, 6.45) is 3.33. The van der Waals surface area contributed by atoms with Crippen molar-refractivity contribution in [3.8, 4) is 0 Å². The second-order valence-electron chi connectivity index (χ2n) is 11.3. The van der Waals surface area contributed by atoms with Crippen LogP contribution in [0, 0.1) is 23.2 Å². The van der Waals surface area contributed by atoms with Crippen LogP contribution in [-0.4, -0.2) is 54.9 Å². The summed E-state index contributed by atoms with van der Waals surface area (Å²) in [5, 5.41) is 14.5. The number of aromatic nitrogens is 1. The van der Waals surface area contributed by atoms with E-state index in [1.54, 1.807) is 18.0 Å². The second kappa shape index (κ2) is 11.0. The van der Waals surface area contributed by atoms with Crippen molar-refractivity contribution in [2.45, 2.75) is 63.9 Å². The van der Waals surface area contributed by atoms with Gasteiger partial charge < -0.3 is 15.3 Å². The van der Waals surface area contributed by atoms with Crippen molar-refractivity contribution >= 4 is 44.0 Å². The number of benzene rings is 1. The zero-order chi connectivity index (χ0) is 28.7. The Labute approximate surface area is 234 Å². The molecule has 0 spiro atoms. The normalized spacial score (nSPS) is 27.0. The Kier molecular flexibility index (Phi) is 8.26. The smallest absolute Gasteiger partial charge is 0.263 e. The van der Waals surface area contributed by atoms with E-state index in [0.29, 0.717) is 23.8 Å². The number of hydrogen-bond donors (Lipinski definition) is 3. The lowest BCUT2D eigenvalue weighted by Crippen LogP contribution is -2.53. The van der Waals surface area contributed by atoms with E-state index in [1.807, 2.05) is 13.8 Å². The summed E-state index contributed by atoms with van der Waals surface area (Å²) in [6.45, 7) is 11.7. The number of aliphatic hydroxyl groups is 1. The van der Waals surface area contributed by atoms with E-state index in [-0.39, 0.29) is 45.8 Å². The van der Waals surface area contributed by atoms with E-state index in [1.165, 1.54) is 42.5 Å². The quantitative estimate of drug-likeness (QED) is 0.405. The van der Waals surface area contributed by atoms with Gasteiger partial charge >= 0.3 is 0 Å². The first-order valence-electron chi connectivity index (χ1n) is 13.2. The molecule has 1 fully saturated rings. The van der Waals surface area contributed by atoms with Crippen molar-refractivity contribution in [2.24, 2.45) is 23.2 Å². The maximum absolute atomic E-state index is 13.1. The second-order valence-corrected chi connectivity index (χ2v) is 14.0. The van der Waals surface area contributed by atoms with Gasteiger partial charge in [0.25, 0.3) is 10.0 Å². The number of fused-ring (bicyclic) bond motifs is 2. The molecule has 0 aliphatic heterocycles. The first kappa shape index (κ1) is 29.2. The summed E-state index contributed by atoms with van der Waals surface area (Å²) in [7, 11) is -2.13. The van der Waals surface area contributed by atoms with Gasteiger partial charge in [0, 0.05) is 42.9 Å². The van der Waals surface area contributed by atoms with Gasteiger partial charge in [-0.05, 0) is 60.8 Å². The molecule has 6 atom stereocenters. The van der Waals surface area contributed by atoms with E-state index in [2.05, 4.69) is 28.5 Å². The monoisotopic (exact) mass is 574 g/mol. The number of aliphatic hydroxyl groups excluding tert-OH is 1. The van der Waals surface area contributed by atoms with E-state index in [4.69, 9.17) is 0 Å². The number of anilines is 2. The molecule has 1 saturated carbocycles. The fourth-order valence-corrected chi connectivity index (χ4v) is 9.00. The number of nitrogens with one attached hydrogen (secondary N) is 2. The van der Waals surface area contributed by atoms with E-state index in [0.717, 1.165) is 23.4 Å². The van der Waals surface area contributed by atoms with E-state index >= 15 is 0 Å². The highest BCUT2D eigenvalue weighted by molar-refractivity contribution is 7.93. The molecular formula is C28H38N4O5S2. The molecule has 2 aliphatic carbocycles. The van der Waals surface area contributed by atoms with Crippen molar-refractivity contribution in [1.29, 1.82) is 0 Å². The summed E-state index contributed by atoms with van der Waals surface area (Å²) in [5.41, 5.74) is 1.14. The average molecular weight is 575 g/mol. The molecule has 0 bridgehead atoms. The lowest BCUT2D eigenvalue weighted by molar-refractivity contribution is -0.143. The Hall–Kier alpha value is -2.76. The average Bonchev–Trinajstić information content (AvgIpc) is 3.24. The first-order chi connectivity index (χ1) is 18.3. The number of likely N-dealkylation sites (N-methyl/N-ethyl adjacent to an activating group) is 1. The van der Waals surface area contributed by atoms with Crippen LogP contribution in [0.25, 0.3) is 0 Å². The van der Waals surface area contributed by atoms with Gasteiger partial charge in [0.15, 0.2) is 5.13 Å². The van der Waals surface area contributed by atoms with Crippen LogP contribution in [-0.2, 0) is 26.0 Å². The van der Waals surface area contributed by atoms with Crippen LogP contribution in [0.3, 0.4) is 0 Å². The van der Waals surface area contributed by atoms with E-state index < -0.39 is 16.1 Å². The highest BCUT2D eigenvalue weighted by atomic mass is 32.2. The lowest BCUT2D eigenvalue weighted by Gasteiger charge is -2.53. The Morgan fingerprint density at radius 3 is 2.62 bits per heavy atom. The van der Waals surface area contributed by atoms with Crippen LogP contribution >= 0.6 is 11.3 Å². The Bertz CT molecular complexity index is 1360. The molecule has 9 nitrogen and oxygen atoms in total. The largest absolute Gasteiger partial charge is 0.392 e. The SMILES string of the molecule is C=CCN(C)C(=O)[C@@H](C)[C@H]1CC[C@@]2(C)Cc3sc(NS(=O)(=O)c4ccc(NC(C)=O)cc4)nc3[C@@H](C)[C@@H]2[C@H]1O. The minimum atomic E-state index is -3.88. The van der Waals surface area contributed by atoms with Gasteiger partial charge in [-0.15, -0.1) is 17.9 Å². The van der Waals surface area contributed by atoms with Crippen LogP contribution in [0.2, 0.25) is 0 Å². The minimum Gasteiger partial charge on any atom is -0.392 e. The molecule has 0 radical (unpaired) electrons. The number of amides is 2. The summed E-state index contributed by atoms with van der Waals surface area (Å²) in [6, 6.07) is 5.94. The highest BCUT2D eigenvalue weighted by Gasteiger charge is 2.54. The molecule has 1 aromatic carbocycles. The molecule has 2 amide bonds. The molecular weight excluding hydrogens is 536 g/mol. The van der Waals surface area contributed by atoms with Gasteiger partial charge in [0.05, 0.1) is 16.7 Å². The summed E-state index contributed by atoms with van der Waals surface area (Å²) in [4.78, 5) is 31.7. The Morgan fingerprint density at radius 1 is 1.33 bits per heavy atom. The van der Waals surface area contributed by atoms with Crippen LogP contribution in [0.5, 0.6) is 0 Å². The third-order valence-electron chi connectivity index (χ3n) is 8.44. The molecule has 2 aliphatic rings. The summed E-state index contributed by atoms with van der Waals surface area (Å²) in [5.74, 6) is -0.921. The minimum absolute atomic E-state index is 0.00200. The van der Waals surface area contributed by atoms with Gasteiger partial charge in [-0.3, -0.25) is 14.3 Å². The Morgan fingerprint density at radius 2 is 2.00 bits per heavy atom. The fourth-order valence-electron chi connectivity index (χ4n) is 6.50. The van der Waals surface area contributed by atoms with Crippen molar-refractivity contribution in [3.05, 3.63) is 47.5 Å². The van der Waals surface area contributed by atoms with Gasteiger partial charge in [-0.1, -0.05) is 26.8 Å². The van der Waals surface area contributed by atoms with Gasteiger partial charge in [0.1, 0.15) is 0 Å². The van der Waals surface area contributed by atoms with Crippen molar-refractivity contribution in [1.82, 2.24) is 9.88 Å². The predicted molar refractivity (Wildman–Crippen MR) is 153 cm³/mol. The maximum atomic E-state index is 13.1. The van der Waals surface area contributed by atoms with Crippen molar-refractivity contribution < 1.29 is 23.1 Å². The molecule has 11 heteroatoms. The van der Waals surface area contributed by atoms with Crippen LogP contribution in [0.4, 0.5) is 10.8 Å².